The van der Waals surface area contributed by atoms with Crippen molar-refractivity contribution >= 4 is 0 Å². The fourth-order valence-corrected chi connectivity index (χ4v) is 1.49. The van der Waals surface area contributed by atoms with Crippen molar-refractivity contribution in [3.63, 3.8) is 0 Å². The van der Waals surface area contributed by atoms with Gasteiger partial charge in [0.2, 0.25) is 0 Å². The summed E-state index contributed by atoms with van der Waals surface area (Å²) in [5.74, 6) is 6.85. The Morgan fingerprint density at radius 2 is 1.71 bits per heavy atom. The van der Waals surface area contributed by atoms with Crippen LogP contribution in [-0.4, -0.2) is 25.0 Å². The number of hydrogen-bond donors (Lipinski definition) is 0. The van der Waals surface area contributed by atoms with Crippen LogP contribution in [0, 0.1) is 17.8 Å². The van der Waals surface area contributed by atoms with Gasteiger partial charge in [0.25, 0.3) is 0 Å². The van der Waals surface area contributed by atoms with Crippen LogP contribution in [0.15, 0.2) is 0 Å². The molecule has 1 aliphatic heterocycles. The van der Waals surface area contributed by atoms with E-state index >= 15 is 0 Å². The molecule has 0 bridgehead atoms. The van der Waals surface area contributed by atoms with Crippen LogP contribution in [0.1, 0.15) is 47.5 Å². The Bertz CT molecular complexity index is 152. The molecule has 0 spiro atoms. The summed E-state index contributed by atoms with van der Waals surface area (Å²) < 4.78 is 0. The van der Waals surface area contributed by atoms with Crippen LogP contribution in [-0.2, 0) is 0 Å². The first kappa shape index (κ1) is 16.0. The second kappa shape index (κ2) is 12.5. The monoisotopic (exact) mass is 197 g/mol. The third kappa shape index (κ3) is 8.13. The number of rotatable bonds is 0. The van der Waals surface area contributed by atoms with Gasteiger partial charge in [0, 0.05) is 12.5 Å². The lowest BCUT2D eigenvalue weighted by Crippen LogP contribution is -2.31. The molecule has 1 atom stereocenters. The van der Waals surface area contributed by atoms with E-state index < -0.39 is 0 Å². The Labute approximate surface area is 90.9 Å². The summed E-state index contributed by atoms with van der Waals surface area (Å²) in [5, 5.41) is 0. The molecule has 1 unspecified atom stereocenters. The highest BCUT2D eigenvalue weighted by molar-refractivity contribution is 5.02. The van der Waals surface area contributed by atoms with Crippen molar-refractivity contribution in [2.75, 3.05) is 20.1 Å². The molecule has 14 heavy (non-hydrogen) atoms. The fourth-order valence-electron chi connectivity index (χ4n) is 1.49. The molecule has 1 nitrogen and oxygen atoms in total. The summed E-state index contributed by atoms with van der Waals surface area (Å²) in [5.41, 5.74) is 0. The molecule has 1 saturated heterocycles. The van der Waals surface area contributed by atoms with E-state index in [0.29, 0.717) is 5.92 Å². The molecular weight excluding hydrogens is 170 g/mol. The van der Waals surface area contributed by atoms with Gasteiger partial charge in [0.05, 0.1) is 0 Å². The zero-order valence-corrected chi connectivity index (χ0v) is 10.9. The maximum absolute atomic E-state index is 3.22. The SMILES string of the molecule is CC.CC.CC#CC1CCCN(C)C1. The minimum absolute atomic E-state index is 0.642. The second-order valence-electron chi connectivity index (χ2n) is 3.00. The van der Waals surface area contributed by atoms with Crippen molar-refractivity contribution in [2.24, 2.45) is 5.92 Å². The lowest BCUT2D eigenvalue weighted by molar-refractivity contribution is 0.242. The molecule has 1 heterocycles. The van der Waals surface area contributed by atoms with E-state index in [0.717, 1.165) is 0 Å². The first-order valence-corrected chi connectivity index (χ1v) is 5.93. The van der Waals surface area contributed by atoms with Crippen molar-refractivity contribution in [1.82, 2.24) is 4.90 Å². The van der Waals surface area contributed by atoms with E-state index in [-0.39, 0.29) is 0 Å². The molecule has 1 fully saturated rings. The lowest BCUT2D eigenvalue weighted by atomic mass is 9.99. The largest absolute Gasteiger partial charge is 0.305 e. The highest BCUT2D eigenvalue weighted by Crippen LogP contribution is 2.13. The van der Waals surface area contributed by atoms with Crippen molar-refractivity contribution in [3.8, 4) is 11.8 Å². The lowest BCUT2D eigenvalue weighted by Gasteiger charge is -2.26. The molecule has 1 rings (SSSR count). The van der Waals surface area contributed by atoms with Gasteiger partial charge in [0.15, 0.2) is 0 Å². The van der Waals surface area contributed by atoms with Crippen LogP contribution in [0.4, 0.5) is 0 Å². The maximum Gasteiger partial charge on any atom is 0.0330 e. The molecule has 1 heteroatoms. The third-order valence-electron chi connectivity index (χ3n) is 1.97. The summed E-state index contributed by atoms with van der Waals surface area (Å²) >= 11 is 0. The van der Waals surface area contributed by atoms with Crippen LogP contribution in [0.2, 0.25) is 0 Å². The summed E-state index contributed by atoms with van der Waals surface area (Å²) in [6, 6.07) is 0. The molecule has 84 valence electrons. The Morgan fingerprint density at radius 1 is 1.14 bits per heavy atom. The molecule has 0 amide bonds. The van der Waals surface area contributed by atoms with Gasteiger partial charge in [-0.2, -0.15) is 0 Å². The first-order valence-electron chi connectivity index (χ1n) is 5.93. The zero-order valence-electron chi connectivity index (χ0n) is 10.9. The Balaban J connectivity index is 0. The normalized spacial score (nSPS) is 20.3. The summed E-state index contributed by atoms with van der Waals surface area (Å²) in [7, 11) is 2.17. The maximum atomic E-state index is 3.22. The second-order valence-corrected chi connectivity index (χ2v) is 3.00. The smallest absolute Gasteiger partial charge is 0.0330 e. The van der Waals surface area contributed by atoms with E-state index in [1.807, 2.05) is 34.6 Å². The van der Waals surface area contributed by atoms with Crippen molar-refractivity contribution < 1.29 is 0 Å². The number of likely N-dealkylation sites (tertiary alicyclic amines) is 1. The Morgan fingerprint density at radius 3 is 2.14 bits per heavy atom. The van der Waals surface area contributed by atoms with Crippen LogP contribution in [0.25, 0.3) is 0 Å². The van der Waals surface area contributed by atoms with Gasteiger partial charge >= 0.3 is 0 Å². The third-order valence-corrected chi connectivity index (χ3v) is 1.97. The van der Waals surface area contributed by atoms with Crippen molar-refractivity contribution in [3.05, 3.63) is 0 Å². The van der Waals surface area contributed by atoms with Crippen LogP contribution >= 0.6 is 0 Å². The van der Waals surface area contributed by atoms with Gasteiger partial charge in [-0.05, 0) is 33.4 Å². The molecule has 0 aromatic rings. The van der Waals surface area contributed by atoms with Crippen LogP contribution < -0.4 is 0 Å². The summed E-state index contributed by atoms with van der Waals surface area (Å²) in [4.78, 5) is 2.36. The zero-order chi connectivity index (χ0) is 11.4. The van der Waals surface area contributed by atoms with Gasteiger partial charge in [-0.25, -0.2) is 0 Å². The number of hydrogen-bond acceptors (Lipinski definition) is 1. The summed E-state index contributed by atoms with van der Waals surface area (Å²) in [6.07, 6.45) is 2.61. The Hall–Kier alpha value is -0.480. The van der Waals surface area contributed by atoms with Gasteiger partial charge < -0.3 is 4.90 Å². The van der Waals surface area contributed by atoms with Crippen LogP contribution in [0.3, 0.4) is 0 Å². The highest BCUT2D eigenvalue weighted by atomic mass is 15.1. The van der Waals surface area contributed by atoms with E-state index in [2.05, 4.69) is 23.8 Å². The molecule has 1 aliphatic rings. The molecule has 0 saturated carbocycles. The van der Waals surface area contributed by atoms with Crippen LogP contribution in [0.5, 0.6) is 0 Å². The van der Waals surface area contributed by atoms with Gasteiger partial charge in [0.1, 0.15) is 0 Å². The average Bonchev–Trinajstić information content (AvgIpc) is 2.24. The predicted molar refractivity (Wildman–Crippen MR) is 66.4 cm³/mol. The quantitative estimate of drug-likeness (QED) is 0.538. The minimum Gasteiger partial charge on any atom is -0.305 e. The van der Waals surface area contributed by atoms with Gasteiger partial charge in [-0.3, -0.25) is 0 Å². The molecular formula is C13H27N. The van der Waals surface area contributed by atoms with E-state index in [4.69, 9.17) is 0 Å². The van der Waals surface area contributed by atoms with E-state index in [1.165, 1.54) is 25.9 Å². The number of nitrogens with zero attached hydrogens (tertiary/aromatic N) is 1. The predicted octanol–water partition coefficient (Wildman–Crippen LogP) is 3.40. The molecule has 0 aromatic carbocycles. The van der Waals surface area contributed by atoms with Gasteiger partial charge in [-0.15, -0.1) is 5.92 Å². The topological polar surface area (TPSA) is 3.24 Å². The standard InChI is InChI=1S/C9H15N.2C2H6/c1-3-5-9-6-4-7-10(2)8-9;2*1-2/h9H,4,6-8H2,1-2H3;2*1-2H3. The molecule has 0 N–H and O–H groups in total. The molecule has 0 aliphatic carbocycles. The average molecular weight is 197 g/mol. The summed E-state index contributed by atoms with van der Waals surface area (Å²) in [6.45, 7) is 12.3. The minimum atomic E-state index is 0.642. The molecule has 0 aromatic heterocycles. The Kier molecular flexibility index (Phi) is 14.3. The first-order chi connectivity index (χ1) is 6.83. The van der Waals surface area contributed by atoms with E-state index in [1.54, 1.807) is 0 Å². The van der Waals surface area contributed by atoms with Crippen molar-refractivity contribution in [2.45, 2.75) is 47.5 Å². The fraction of sp³-hybridized carbons (Fsp3) is 0.846. The highest BCUT2D eigenvalue weighted by Gasteiger charge is 2.13. The number of piperidine rings is 1. The van der Waals surface area contributed by atoms with Crippen molar-refractivity contribution in [1.29, 1.82) is 0 Å². The van der Waals surface area contributed by atoms with E-state index in [9.17, 15) is 0 Å². The molecule has 0 radical (unpaired) electrons. The van der Waals surface area contributed by atoms with Gasteiger partial charge in [-0.1, -0.05) is 33.6 Å².